The van der Waals surface area contributed by atoms with Crippen LogP contribution in [0.3, 0.4) is 0 Å². The number of amides is 1. The van der Waals surface area contributed by atoms with Crippen LogP contribution >= 0.6 is 11.8 Å². The largest absolute Gasteiger partial charge is 0.497 e. The first kappa shape index (κ1) is 22.4. The fraction of sp³-hybridized carbons (Fsp3) is 0.400. The summed E-state index contributed by atoms with van der Waals surface area (Å²) < 4.78 is 7.06. The van der Waals surface area contributed by atoms with Gasteiger partial charge in [0, 0.05) is 18.8 Å². The monoisotopic (exact) mass is 451 g/mol. The summed E-state index contributed by atoms with van der Waals surface area (Å²) >= 11 is 1.35. The van der Waals surface area contributed by atoms with Gasteiger partial charge in [-0.05, 0) is 61.1 Å². The number of anilines is 1. The zero-order valence-electron chi connectivity index (χ0n) is 18.8. The third-order valence-electron chi connectivity index (χ3n) is 5.79. The number of ether oxygens (including phenoxy) is 1. The molecule has 0 bridgehead atoms. The number of benzene rings is 2. The van der Waals surface area contributed by atoms with E-state index >= 15 is 0 Å². The van der Waals surface area contributed by atoms with Crippen molar-refractivity contribution in [3.63, 3.8) is 0 Å². The summed E-state index contributed by atoms with van der Waals surface area (Å²) in [5.41, 5.74) is 2.71. The Balaban J connectivity index is 1.58. The molecule has 0 radical (unpaired) electrons. The van der Waals surface area contributed by atoms with Gasteiger partial charge < -0.3 is 9.64 Å². The zero-order valence-corrected chi connectivity index (χ0v) is 19.7. The van der Waals surface area contributed by atoms with Gasteiger partial charge in [-0.15, -0.1) is 0 Å². The molecule has 0 saturated heterocycles. The smallest absolute Gasteiger partial charge is 0.262 e. The second-order valence-corrected chi connectivity index (χ2v) is 9.43. The van der Waals surface area contributed by atoms with Gasteiger partial charge in [-0.2, -0.15) is 0 Å². The summed E-state index contributed by atoms with van der Waals surface area (Å²) in [6.07, 6.45) is 2.73. The van der Waals surface area contributed by atoms with E-state index in [9.17, 15) is 9.59 Å². The zero-order chi connectivity index (χ0) is 22.7. The van der Waals surface area contributed by atoms with Crippen molar-refractivity contribution in [2.45, 2.75) is 44.8 Å². The molecule has 6 nitrogen and oxygen atoms in total. The Morgan fingerprint density at radius 3 is 2.81 bits per heavy atom. The molecule has 4 rings (SSSR count). The molecule has 0 aliphatic carbocycles. The number of hydrogen-bond acceptors (Lipinski definition) is 5. The Bertz CT molecular complexity index is 1190. The van der Waals surface area contributed by atoms with Crippen molar-refractivity contribution in [1.82, 2.24) is 9.55 Å². The van der Waals surface area contributed by atoms with E-state index < -0.39 is 0 Å². The number of para-hydroxylation sites is 1. The second kappa shape index (κ2) is 9.77. The van der Waals surface area contributed by atoms with Crippen molar-refractivity contribution in [3.8, 4) is 5.75 Å². The van der Waals surface area contributed by atoms with E-state index in [0.29, 0.717) is 35.1 Å². The average molecular weight is 452 g/mol. The first-order valence-electron chi connectivity index (χ1n) is 11.1. The highest BCUT2D eigenvalue weighted by molar-refractivity contribution is 7.99. The van der Waals surface area contributed by atoms with Crippen LogP contribution in [-0.2, 0) is 17.8 Å². The van der Waals surface area contributed by atoms with Gasteiger partial charge >= 0.3 is 0 Å². The summed E-state index contributed by atoms with van der Waals surface area (Å²) in [4.78, 5) is 32.9. The van der Waals surface area contributed by atoms with Gasteiger partial charge in [0.05, 0.1) is 23.8 Å². The number of hydrogen-bond donors (Lipinski definition) is 0. The summed E-state index contributed by atoms with van der Waals surface area (Å²) in [6, 6.07) is 13.3. The van der Waals surface area contributed by atoms with Crippen LogP contribution in [0, 0.1) is 5.92 Å². The van der Waals surface area contributed by atoms with E-state index in [2.05, 4.69) is 13.8 Å². The third-order valence-corrected chi connectivity index (χ3v) is 6.75. The van der Waals surface area contributed by atoms with Crippen LogP contribution < -0.4 is 15.2 Å². The molecule has 1 amide bonds. The highest BCUT2D eigenvalue weighted by atomic mass is 32.2. The maximum Gasteiger partial charge on any atom is 0.262 e. The van der Waals surface area contributed by atoms with Crippen LogP contribution in [0.4, 0.5) is 5.69 Å². The van der Waals surface area contributed by atoms with E-state index in [1.807, 2.05) is 47.4 Å². The van der Waals surface area contributed by atoms with E-state index in [-0.39, 0.29) is 17.2 Å². The SMILES string of the molecule is COc1ccc2c(c1)CCCN2C(=O)CSc1nc2ccccc2c(=O)n1CCC(C)C. The fourth-order valence-corrected chi connectivity index (χ4v) is 4.91. The van der Waals surface area contributed by atoms with Crippen molar-refractivity contribution in [2.75, 3.05) is 24.3 Å². The molecule has 0 N–H and O–H groups in total. The lowest BCUT2D eigenvalue weighted by Crippen LogP contribution is -2.37. The minimum Gasteiger partial charge on any atom is -0.497 e. The number of rotatable bonds is 7. The minimum atomic E-state index is -0.0402. The standard InChI is InChI=1S/C25H29N3O3S/c1-17(2)12-14-28-24(30)20-8-4-5-9-21(20)26-25(28)32-16-23(29)27-13-6-7-18-15-19(31-3)10-11-22(18)27/h4-5,8-11,15,17H,6-7,12-14,16H2,1-3H3. The number of fused-ring (bicyclic) bond motifs is 2. The van der Waals surface area contributed by atoms with E-state index in [1.165, 1.54) is 11.8 Å². The Labute approximate surface area is 192 Å². The van der Waals surface area contributed by atoms with Gasteiger partial charge in [0.2, 0.25) is 5.91 Å². The maximum absolute atomic E-state index is 13.2. The minimum absolute atomic E-state index is 0.0268. The highest BCUT2D eigenvalue weighted by Crippen LogP contribution is 2.31. The van der Waals surface area contributed by atoms with Crippen molar-refractivity contribution >= 4 is 34.3 Å². The third kappa shape index (κ3) is 4.67. The molecular formula is C25H29N3O3S. The van der Waals surface area contributed by atoms with Gasteiger partial charge in [0.1, 0.15) is 5.75 Å². The van der Waals surface area contributed by atoms with E-state index in [1.54, 1.807) is 11.7 Å². The summed E-state index contributed by atoms with van der Waals surface area (Å²) in [6.45, 7) is 5.57. The van der Waals surface area contributed by atoms with Crippen molar-refractivity contribution in [3.05, 3.63) is 58.4 Å². The topological polar surface area (TPSA) is 64.4 Å². The maximum atomic E-state index is 13.2. The molecule has 168 valence electrons. The molecule has 1 aromatic heterocycles. The van der Waals surface area contributed by atoms with Gasteiger partial charge in [0.15, 0.2) is 5.16 Å². The Hall–Kier alpha value is -2.80. The van der Waals surface area contributed by atoms with Crippen LogP contribution in [0.15, 0.2) is 52.4 Å². The van der Waals surface area contributed by atoms with Gasteiger partial charge in [-0.1, -0.05) is 37.7 Å². The Morgan fingerprint density at radius 1 is 1.22 bits per heavy atom. The Kier molecular flexibility index (Phi) is 6.84. The molecule has 2 heterocycles. The molecule has 0 unspecified atom stereocenters. The summed E-state index contributed by atoms with van der Waals surface area (Å²) in [5, 5.41) is 1.22. The van der Waals surface area contributed by atoms with Crippen molar-refractivity contribution < 1.29 is 9.53 Å². The molecule has 7 heteroatoms. The number of carbonyl (C=O) groups excluding carboxylic acids is 1. The Morgan fingerprint density at radius 2 is 2.03 bits per heavy atom. The molecule has 1 aliphatic heterocycles. The molecule has 0 atom stereocenters. The molecule has 32 heavy (non-hydrogen) atoms. The first-order valence-corrected chi connectivity index (χ1v) is 12.1. The second-order valence-electron chi connectivity index (χ2n) is 8.48. The predicted molar refractivity (Wildman–Crippen MR) is 130 cm³/mol. The predicted octanol–water partition coefficient (Wildman–Crippen LogP) is 4.52. The van der Waals surface area contributed by atoms with Crippen LogP contribution in [0.2, 0.25) is 0 Å². The number of methoxy groups -OCH3 is 1. The highest BCUT2D eigenvalue weighted by Gasteiger charge is 2.24. The van der Waals surface area contributed by atoms with Crippen molar-refractivity contribution in [2.24, 2.45) is 5.92 Å². The molecule has 1 aliphatic rings. The fourth-order valence-electron chi connectivity index (χ4n) is 4.01. The lowest BCUT2D eigenvalue weighted by molar-refractivity contribution is -0.116. The number of thioether (sulfide) groups is 1. The summed E-state index contributed by atoms with van der Waals surface area (Å²) in [7, 11) is 1.65. The van der Waals surface area contributed by atoms with Crippen LogP contribution in [0.25, 0.3) is 10.9 Å². The average Bonchev–Trinajstić information content (AvgIpc) is 2.81. The molecule has 2 aromatic carbocycles. The lowest BCUT2D eigenvalue weighted by atomic mass is 10.0. The summed E-state index contributed by atoms with van der Waals surface area (Å²) in [5.74, 6) is 1.54. The molecule has 0 spiro atoms. The molecule has 0 saturated carbocycles. The van der Waals surface area contributed by atoms with Gasteiger partial charge in [-0.3, -0.25) is 14.2 Å². The first-order chi connectivity index (χ1) is 15.5. The van der Waals surface area contributed by atoms with E-state index in [0.717, 1.165) is 36.3 Å². The van der Waals surface area contributed by atoms with Crippen LogP contribution in [0.1, 0.15) is 32.3 Å². The lowest BCUT2D eigenvalue weighted by Gasteiger charge is -2.29. The molecule has 0 fully saturated rings. The quantitative estimate of drug-likeness (QED) is 0.390. The van der Waals surface area contributed by atoms with Gasteiger partial charge in [0.25, 0.3) is 5.56 Å². The van der Waals surface area contributed by atoms with E-state index in [4.69, 9.17) is 9.72 Å². The normalized spacial score (nSPS) is 13.4. The number of nitrogens with zero attached hydrogens (tertiary/aromatic N) is 3. The number of carbonyl (C=O) groups is 1. The molecule has 3 aromatic rings. The van der Waals surface area contributed by atoms with Crippen LogP contribution in [-0.4, -0.2) is 34.9 Å². The van der Waals surface area contributed by atoms with Crippen molar-refractivity contribution in [1.29, 1.82) is 0 Å². The molecular weight excluding hydrogens is 422 g/mol. The number of aryl methyl sites for hydroxylation is 1. The van der Waals surface area contributed by atoms with Gasteiger partial charge in [-0.25, -0.2) is 4.98 Å². The number of aromatic nitrogens is 2. The van der Waals surface area contributed by atoms with Crippen LogP contribution in [0.5, 0.6) is 5.75 Å².